The van der Waals surface area contributed by atoms with E-state index in [1.807, 2.05) is 6.08 Å². The van der Waals surface area contributed by atoms with E-state index in [9.17, 15) is 10.2 Å². The van der Waals surface area contributed by atoms with Gasteiger partial charge in [0.05, 0.1) is 12.2 Å². The molecule has 1 fully saturated rings. The molecule has 6 atom stereocenters. The van der Waals surface area contributed by atoms with Crippen LogP contribution in [0, 0.1) is 23.7 Å². The van der Waals surface area contributed by atoms with Crippen LogP contribution < -0.4 is 5.32 Å². The zero-order valence-corrected chi connectivity index (χ0v) is 19.4. The predicted molar refractivity (Wildman–Crippen MR) is 125 cm³/mol. The molecular weight excluding hydrogens is 374 g/mol. The van der Waals surface area contributed by atoms with Crippen LogP contribution >= 0.6 is 0 Å². The van der Waals surface area contributed by atoms with Crippen LogP contribution in [0.4, 0.5) is 0 Å². The molecule has 0 amide bonds. The largest absolute Gasteiger partial charge is 0.396 e. The second-order valence-electron chi connectivity index (χ2n) is 9.81. The second kappa shape index (κ2) is 14.4. The Hall–Kier alpha value is -0.680. The van der Waals surface area contributed by atoms with Gasteiger partial charge in [-0.2, -0.15) is 0 Å². The summed E-state index contributed by atoms with van der Waals surface area (Å²) in [5.41, 5.74) is 1.58. The fourth-order valence-corrected chi connectivity index (χ4v) is 5.32. The summed E-state index contributed by atoms with van der Waals surface area (Å²) < 4.78 is 0. The van der Waals surface area contributed by atoms with Crippen molar-refractivity contribution in [1.82, 2.24) is 5.32 Å². The lowest BCUT2D eigenvalue weighted by Gasteiger charge is -2.19. The molecule has 2 rings (SSSR count). The van der Waals surface area contributed by atoms with Crippen molar-refractivity contribution >= 4 is 0 Å². The minimum atomic E-state index is -0.386. The van der Waals surface area contributed by atoms with Gasteiger partial charge in [0.2, 0.25) is 0 Å². The Morgan fingerprint density at radius 1 is 1.17 bits per heavy atom. The minimum absolute atomic E-state index is 0.195. The van der Waals surface area contributed by atoms with Crippen molar-refractivity contribution in [1.29, 1.82) is 0 Å². The van der Waals surface area contributed by atoms with Crippen LogP contribution in [0.15, 0.2) is 23.8 Å². The standard InChI is InChI=1S/C26H47NO3/c1-3-4-9-20(2)16-23(29)11-12-24-25-18-21(17-22(25)19-26(24)30)10-6-5-7-13-27-14-8-15-28/h11-12,17,20,22-30H,3-10,13-16,18-19H2,1-2H3/b12-11+/t20-,22-,23+,24+,25-,26+/m0/s1. The normalized spacial score (nSPS) is 28.1. The van der Waals surface area contributed by atoms with Gasteiger partial charge in [0.15, 0.2) is 0 Å². The molecule has 0 unspecified atom stereocenters. The van der Waals surface area contributed by atoms with Crippen LogP contribution in [-0.4, -0.2) is 47.2 Å². The monoisotopic (exact) mass is 421 g/mol. The molecule has 0 bridgehead atoms. The van der Waals surface area contributed by atoms with Crippen LogP contribution in [0.1, 0.15) is 84.5 Å². The molecule has 0 aliphatic heterocycles. The number of aliphatic hydroxyl groups excluding tert-OH is 3. The van der Waals surface area contributed by atoms with Crippen LogP contribution in [0.5, 0.6) is 0 Å². The highest BCUT2D eigenvalue weighted by Crippen LogP contribution is 2.48. The summed E-state index contributed by atoms with van der Waals surface area (Å²) in [6.45, 7) is 6.66. The molecule has 4 heteroatoms. The van der Waals surface area contributed by atoms with Gasteiger partial charge in [0, 0.05) is 12.5 Å². The molecule has 0 spiro atoms. The fourth-order valence-electron chi connectivity index (χ4n) is 5.32. The van der Waals surface area contributed by atoms with Gasteiger partial charge in [0.25, 0.3) is 0 Å². The van der Waals surface area contributed by atoms with Crippen LogP contribution in [0.3, 0.4) is 0 Å². The summed E-state index contributed by atoms with van der Waals surface area (Å²) in [6.07, 6.45) is 18.0. The SMILES string of the molecule is CCCC[C@H](C)C[C@H](O)/C=C/[C@@H]1[C@H]2CC(CCCCCNCCCO)=C[C@H]2C[C@H]1O. The van der Waals surface area contributed by atoms with Gasteiger partial charge in [-0.1, -0.05) is 63.3 Å². The molecule has 4 N–H and O–H groups in total. The predicted octanol–water partition coefficient (Wildman–Crippen LogP) is 4.60. The number of hydrogen-bond donors (Lipinski definition) is 4. The number of fused-ring (bicyclic) bond motifs is 1. The molecule has 0 heterocycles. The first-order valence-corrected chi connectivity index (χ1v) is 12.6. The highest BCUT2D eigenvalue weighted by molar-refractivity contribution is 5.21. The van der Waals surface area contributed by atoms with Gasteiger partial charge < -0.3 is 20.6 Å². The van der Waals surface area contributed by atoms with Gasteiger partial charge >= 0.3 is 0 Å². The minimum Gasteiger partial charge on any atom is -0.396 e. The molecular formula is C26H47NO3. The van der Waals surface area contributed by atoms with E-state index in [0.29, 0.717) is 17.8 Å². The van der Waals surface area contributed by atoms with Crippen LogP contribution in [0.25, 0.3) is 0 Å². The lowest BCUT2D eigenvalue weighted by Crippen LogP contribution is -2.18. The molecule has 0 saturated heterocycles. The van der Waals surface area contributed by atoms with Gasteiger partial charge in [-0.25, -0.2) is 0 Å². The third-order valence-electron chi connectivity index (χ3n) is 7.06. The van der Waals surface area contributed by atoms with Crippen molar-refractivity contribution in [2.45, 2.75) is 96.7 Å². The van der Waals surface area contributed by atoms with E-state index in [4.69, 9.17) is 5.11 Å². The Bertz CT molecular complexity index is 518. The van der Waals surface area contributed by atoms with Crippen LogP contribution in [0.2, 0.25) is 0 Å². The maximum Gasteiger partial charge on any atom is 0.0723 e. The van der Waals surface area contributed by atoms with E-state index in [1.54, 1.807) is 5.57 Å². The Kier molecular flexibility index (Phi) is 12.3. The van der Waals surface area contributed by atoms with Crippen LogP contribution in [-0.2, 0) is 0 Å². The second-order valence-corrected chi connectivity index (χ2v) is 9.81. The molecule has 174 valence electrons. The van der Waals surface area contributed by atoms with E-state index in [0.717, 1.165) is 38.8 Å². The van der Waals surface area contributed by atoms with Crippen molar-refractivity contribution in [3.8, 4) is 0 Å². The van der Waals surface area contributed by atoms with Gasteiger partial charge in [-0.15, -0.1) is 0 Å². The summed E-state index contributed by atoms with van der Waals surface area (Å²) in [7, 11) is 0. The van der Waals surface area contributed by atoms with E-state index < -0.39 is 0 Å². The molecule has 30 heavy (non-hydrogen) atoms. The third kappa shape index (κ3) is 8.82. The topological polar surface area (TPSA) is 72.7 Å². The highest BCUT2D eigenvalue weighted by Gasteiger charge is 2.43. The lowest BCUT2D eigenvalue weighted by molar-refractivity contribution is 0.139. The summed E-state index contributed by atoms with van der Waals surface area (Å²) in [4.78, 5) is 0. The average Bonchev–Trinajstić information content (AvgIpc) is 3.23. The number of nitrogens with one attached hydrogen (secondary N) is 1. The summed E-state index contributed by atoms with van der Waals surface area (Å²) in [6, 6.07) is 0. The van der Waals surface area contributed by atoms with E-state index in [1.165, 1.54) is 44.9 Å². The van der Waals surface area contributed by atoms with Crippen molar-refractivity contribution in [3.05, 3.63) is 23.8 Å². The summed E-state index contributed by atoms with van der Waals surface area (Å²) in [5.74, 6) is 1.79. The number of allylic oxidation sites excluding steroid dienone is 2. The molecule has 0 radical (unpaired) electrons. The molecule has 1 saturated carbocycles. The summed E-state index contributed by atoms with van der Waals surface area (Å²) >= 11 is 0. The number of aliphatic hydroxyl groups is 3. The van der Waals surface area contributed by atoms with Crippen molar-refractivity contribution in [2.24, 2.45) is 23.7 Å². The van der Waals surface area contributed by atoms with Crippen molar-refractivity contribution in [2.75, 3.05) is 19.7 Å². The van der Waals surface area contributed by atoms with Gasteiger partial charge in [-0.05, 0) is 75.8 Å². The first kappa shape index (κ1) is 25.6. The van der Waals surface area contributed by atoms with Crippen molar-refractivity contribution in [3.63, 3.8) is 0 Å². The van der Waals surface area contributed by atoms with Crippen molar-refractivity contribution < 1.29 is 15.3 Å². The summed E-state index contributed by atoms with van der Waals surface area (Å²) in [5, 5.41) is 33.1. The first-order chi connectivity index (χ1) is 14.5. The fraction of sp³-hybridized carbons (Fsp3) is 0.846. The molecule has 2 aliphatic rings. The Labute approximate surface area is 184 Å². The van der Waals surface area contributed by atoms with E-state index in [2.05, 4.69) is 31.3 Å². The van der Waals surface area contributed by atoms with Gasteiger partial charge in [0.1, 0.15) is 0 Å². The highest BCUT2D eigenvalue weighted by atomic mass is 16.3. The first-order valence-electron chi connectivity index (χ1n) is 12.6. The molecule has 0 aromatic carbocycles. The third-order valence-corrected chi connectivity index (χ3v) is 7.06. The zero-order valence-electron chi connectivity index (χ0n) is 19.4. The van der Waals surface area contributed by atoms with Gasteiger partial charge in [-0.3, -0.25) is 0 Å². The number of unbranched alkanes of at least 4 members (excludes halogenated alkanes) is 3. The maximum absolute atomic E-state index is 10.5. The molecule has 2 aliphatic carbocycles. The Balaban J connectivity index is 1.68. The number of rotatable bonds is 16. The van der Waals surface area contributed by atoms with E-state index in [-0.39, 0.29) is 24.7 Å². The molecule has 0 aromatic rings. The maximum atomic E-state index is 10.5. The Morgan fingerprint density at radius 2 is 1.97 bits per heavy atom. The zero-order chi connectivity index (χ0) is 21.8. The molecule has 0 aromatic heterocycles. The number of hydrogen-bond acceptors (Lipinski definition) is 4. The smallest absolute Gasteiger partial charge is 0.0723 e. The van der Waals surface area contributed by atoms with E-state index >= 15 is 0 Å². The quantitative estimate of drug-likeness (QED) is 0.217. The Morgan fingerprint density at radius 3 is 2.73 bits per heavy atom. The molecule has 4 nitrogen and oxygen atoms in total. The lowest BCUT2D eigenvalue weighted by atomic mass is 9.88. The average molecular weight is 422 g/mol.